The minimum atomic E-state index is -0.304. The molecule has 0 saturated heterocycles. The quantitative estimate of drug-likeness (QED) is 0.350. The van der Waals surface area contributed by atoms with Crippen molar-refractivity contribution in [2.45, 2.75) is 20.3 Å². The highest BCUT2D eigenvalue weighted by molar-refractivity contribution is 5.69. The van der Waals surface area contributed by atoms with E-state index in [1.165, 1.54) is 6.92 Å². The summed E-state index contributed by atoms with van der Waals surface area (Å²) in [7, 11) is 0. The lowest BCUT2D eigenvalue weighted by molar-refractivity contribution is -0.146. The van der Waals surface area contributed by atoms with Gasteiger partial charge in [0.25, 0.3) is 0 Å². The van der Waals surface area contributed by atoms with E-state index in [-0.39, 0.29) is 5.97 Å². The van der Waals surface area contributed by atoms with E-state index in [0.29, 0.717) is 6.42 Å². The molecule has 0 rings (SSSR count). The smallest absolute Gasteiger partial charge is 0.422 e. The second kappa shape index (κ2) is 3.53. The van der Waals surface area contributed by atoms with Crippen LogP contribution in [0.1, 0.15) is 20.3 Å². The van der Waals surface area contributed by atoms with Crippen molar-refractivity contribution >= 4 is 12.3 Å². The molecule has 7 heavy (non-hydrogen) atoms. The van der Waals surface area contributed by atoms with Crippen LogP contribution in [-0.4, -0.2) is 12.3 Å². The van der Waals surface area contributed by atoms with Gasteiger partial charge in [-0.05, 0) is 0 Å². The van der Waals surface area contributed by atoms with Gasteiger partial charge in [-0.1, -0.05) is 18.1 Å². The van der Waals surface area contributed by atoms with Crippen molar-refractivity contribution in [1.82, 2.24) is 0 Å². The standard InChI is InChI=1S/C5H8O2/c1-3-4-7-5(2)6/h3H2,1-2H3. The van der Waals surface area contributed by atoms with E-state index in [0.717, 1.165) is 0 Å². The minimum Gasteiger partial charge on any atom is -0.468 e. The van der Waals surface area contributed by atoms with E-state index in [1.54, 1.807) is 0 Å². The van der Waals surface area contributed by atoms with Gasteiger partial charge in [-0.15, -0.1) is 0 Å². The lowest BCUT2D eigenvalue weighted by atomic mass is 10.6. The SMILES string of the molecule is CC[C-]=[O+]C(C)=O. The van der Waals surface area contributed by atoms with Gasteiger partial charge in [0.2, 0.25) is 0 Å². The highest BCUT2D eigenvalue weighted by atomic mass is 16.4. The molecule has 2 heteroatoms. The highest BCUT2D eigenvalue weighted by Crippen LogP contribution is 1.64. The third kappa shape index (κ3) is 5.34. The van der Waals surface area contributed by atoms with Gasteiger partial charge in [0.05, 0.1) is 6.29 Å². The summed E-state index contributed by atoms with van der Waals surface area (Å²) in [6, 6.07) is 0. The number of hydrogen-bond donors (Lipinski definition) is 0. The first-order valence-electron chi connectivity index (χ1n) is 2.17. The summed E-state index contributed by atoms with van der Waals surface area (Å²) >= 11 is 0. The summed E-state index contributed by atoms with van der Waals surface area (Å²) < 4.78 is 4.30. The zero-order valence-electron chi connectivity index (χ0n) is 4.52. The van der Waals surface area contributed by atoms with E-state index < -0.39 is 0 Å². The Labute approximate surface area is 42.8 Å². The van der Waals surface area contributed by atoms with Gasteiger partial charge in [0, 0.05) is 6.92 Å². The van der Waals surface area contributed by atoms with Gasteiger partial charge in [-0.2, -0.15) is 0 Å². The first kappa shape index (κ1) is 6.34. The second-order valence-corrected chi connectivity index (χ2v) is 1.09. The van der Waals surface area contributed by atoms with Crippen molar-refractivity contribution in [3.05, 3.63) is 0 Å². The van der Waals surface area contributed by atoms with Crippen LogP contribution in [0.4, 0.5) is 0 Å². The van der Waals surface area contributed by atoms with Gasteiger partial charge < -0.3 is 4.42 Å². The average Bonchev–Trinajstić information content (AvgIpc) is 1.61. The lowest BCUT2D eigenvalue weighted by Crippen LogP contribution is -1.88. The van der Waals surface area contributed by atoms with E-state index in [1.807, 2.05) is 6.92 Å². The molecule has 0 atom stereocenters. The summed E-state index contributed by atoms with van der Waals surface area (Å²) in [5.74, 6) is -0.304. The van der Waals surface area contributed by atoms with Crippen LogP contribution in [0.25, 0.3) is 0 Å². The maximum atomic E-state index is 9.92. The average molecular weight is 100 g/mol. The molecule has 0 bridgehead atoms. The zero-order chi connectivity index (χ0) is 5.70. The normalized spacial score (nSPS) is 10.0. The number of rotatable bonds is 1. The van der Waals surface area contributed by atoms with Gasteiger partial charge in [0.1, 0.15) is 0 Å². The molecule has 0 fully saturated rings. The van der Waals surface area contributed by atoms with E-state index in [4.69, 9.17) is 0 Å². The van der Waals surface area contributed by atoms with Crippen molar-refractivity contribution in [2.75, 3.05) is 0 Å². The van der Waals surface area contributed by atoms with Crippen LogP contribution in [0.5, 0.6) is 0 Å². The molecule has 0 aliphatic rings. The Kier molecular flexibility index (Phi) is 3.19. The first-order valence-corrected chi connectivity index (χ1v) is 2.17. The molecule has 0 aliphatic heterocycles. The lowest BCUT2D eigenvalue weighted by Gasteiger charge is -1.76. The summed E-state index contributed by atoms with van der Waals surface area (Å²) in [4.78, 5) is 9.92. The molecule has 2 nitrogen and oxygen atoms in total. The minimum absolute atomic E-state index is 0.304. The third-order valence-electron chi connectivity index (χ3n) is 0.360. The molecular formula is C5H8O2. The molecule has 0 aromatic rings. The predicted molar refractivity (Wildman–Crippen MR) is 26.7 cm³/mol. The first-order chi connectivity index (χ1) is 3.27. The second-order valence-electron chi connectivity index (χ2n) is 1.09. The van der Waals surface area contributed by atoms with Crippen molar-refractivity contribution in [3.8, 4) is 0 Å². The van der Waals surface area contributed by atoms with E-state index >= 15 is 0 Å². The van der Waals surface area contributed by atoms with Crippen LogP contribution in [0.3, 0.4) is 0 Å². The Balaban J connectivity index is 3.26. The maximum Gasteiger partial charge on any atom is 0.422 e. The van der Waals surface area contributed by atoms with Gasteiger partial charge in [0.15, 0.2) is 0 Å². The highest BCUT2D eigenvalue weighted by Gasteiger charge is 1.81. The molecule has 0 heterocycles. The largest absolute Gasteiger partial charge is 0.468 e. The van der Waals surface area contributed by atoms with Crippen LogP contribution < -0.4 is 0 Å². The summed E-state index contributed by atoms with van der Waals surface area (Å²) in [5.41, 5.74) is 0. The Hall–Kier alpha value is -0.660. The van der Waals surface area contributed by atoms with Gasteiger partial charge in [-0.25, -0.2) is 0 Å². The summed E-state index contributed by atoms with van der Waals surface area (Å²) in [6.07, 6.45) is 3.05. The van der Waals surface area contributed by atoms with Crippen molar-refractivity contribution in [1.29, 1.82) is 0 Å². The molecule has 0 amide bonds. The number of carbonyl (C=O) groups excluding carboxylic acids is 2. The van der Waals surface area contributed by atoms with Crippen LogP contribution in [-0.2, 0) is 9.22 Å². The summed E-state index contributed by atoms with van der Waals surface area (Å²) in [6.45, 7) is 3.20. The molecule has 0 aromatic heterocycles. The molecule has 40 valence electrons. The predicted octanol–water partition coefficient (Wildman–Crippen LogP) is 0.588. The monoisotopic (exact) mass is 100 g/mol. The fourth-order valence-electron chi connectivity index (χ4n) is 0.174. The molecule has 0 aromatic carbocycles. The number of carbonyl (C=O) groups is 1. The van der Waals surface area contributed by atoms with Crippen LogP contribution in [0.15, 0.2) is 0 Å². The maximum absolute atomic E-state index is 9.92. The zero-order valence-corrected chi connectivity index (χ0v) is 4.52. The van der Waals surface area contributed by atoms with Gasteiger partial charge in [-0.3, -0.25) is 0 Å². The molecule has 0 unspecified atom stereocenters. The number of hydrogen-bond acceptors (Lipinski definition) is 1. The third-order valence-corrected chi connectivity index (χ3v) is 0.360. The topological polar surface area (TPSA) is 28.4 Å². The summed E-state index contributed by atoms with van der Waals surface area (Å²) in [5, 5.41) is 0. The molecule has 0 radical (unpaired) electrons. The molecule has 0 spiro atoms. The molecular weight excluding hydrogens is 92.1 g/mol. The van der Waals surface area contributed by atoms with Crippen LogP contribution in [0.2, 0.25) is 0 Å². The van der Waals surface area contributed by atoms with E-state index in [2.05, 4.69) is 10.7 Å². The van der Waals surface area contributed by atoms with Crippen LogP contribution >= 0.6 is 0 Å². The van der Waals surface area contributed by atoms with E-state index in [9.17, 15) is 4.79 Å². The van der Waals surface area contributed by atoms with Crippen molar-refractivity contribution < 1.29 is 9.22 Å². The van der Waals surface area contributed by atoms with Gasteiger partial charge >= 0.3 is 5.97 Å². The fourth-order valence-corrected chi connectivity index (χ4v) is 0.174. The fraction of sp³-hybridized carbons (Fsp3) is 0.600. The molecule has 0 saturated carbocycles. The Morgan fingerprint density at radius 1 is 1.86 bits per heavy atom. The molecule has 0 aliphatic carbocycles. The Morgan fingerprint density at radius 3 is 2.57 bits per heavy atom. The van der Waals surface area contributed by atoms with Crippen molar-refractivity contribution in [3.63, 3.8) is 0 Å². The van der Waals surface area contributed by atoms with Crippen LogP contribution in [0, 0.1) is 0 Å². The van der Waals surface area contributed by atoms with Crippen molar-refractivity contribution in [2.24, 2.45) is 0 Å². The Bertz CT molecular complexity index is 84.1. The molecule has 0 N–H and O–H groups in total. The Morgan fingerprint density at radius 2 is 2.43 bits per heavy atom.